The average Bonchev–Trinajstić information content (AvgIpc) is 3.21. The lowest BCUT2D eigenvalue weighted by Gasteiger charge is -2.18. The van der Waals surface area contributed by atoms with E-state index in [4.69, 9.17) is 9.47 Å². The zero-order valence-electron chi connectivity index (χ0n) is 17.1. The number of nitriles is 1. The molecule has 2 aromatic carbocycles. The number of aromatic hydroxyl groups is 1. The Kier molecular flexibility index (Phi) is 6.15. The predicted molar refractivity (Wildman–Crippen MR) is 109 cm³/mol. The summed E-state index contributed by atoms with van der Waals surface area (Å²) in [7, 11) is 2.46. The van der Waals surface area contributed by atoms with E-state index in [9.17, 15) is 34.8 Å². The summed E-state index contributed by atoms with van der Waals surface area (Å²) in [6, 6.07) is 6.23. The van der Waals surface area contributed by atoms with Crippen molar-refractivity contribution in [3.05, 3.63) is 62.5 Å². The van der Waals surface area contributed by atoms with Crippen LogP contribution in [0.3, 0.4) is 0 Å². The summed E-state index contributed by atoms with van der Waals surface area (Å²) < 4.78 is 24.5. The van der Waals surface area contributed by atoms with Crippen LogP contribution in [0.2, 0.25) is 0 Å². The number of benzene rings is 2. The van der Waals surface area contributed by atoms with Gasteiger partial charge in [0.2, 0.25) is 5.75 Å². The first-order chi connectivity index (χ1) is 15.2. The second kappa shape index (κ2) is 8.81. The molecule has 1 amide bonds. The number of halogens is 1. The number of nitrogens with zero attached hydrogens (tertiary/aromatic N) is 3. The van der Waals surface area contributed by atoms with Crippen LogP contribution in [0.1, 0.15) is 16.7 Å². The number of likely N-dealkylation sites (N-methyl/N-ethyl adjacent to an activating group) is 1. The quantitative estimate of drug-likeness (QED) is 0.228. The van der Waals surface area contributed by atoms with Crippen LogP contribution in [0.4, 0.5) is 10.1 Å². The second-order valence-electron chi connectivity index (χ2n) is 6.95. The van der Waals surface area contributed by atoms with Gasteiger partial charge in [0.25, 0.3) is 5.91 Å². The number of aliphatic hydroxyl groups is 1. The third kappa shape index (κ3) is 4.11. The van der Waals surface area contributed by atoms with Crippen molar-refractivity contribution in [2.75, 3.05) is 20.8 Å². The Morgan fingerprint density at radius 2 is 2.12 bits per heavy atom. The number of carbonyl (C=O) groups excluding carboxylic acids is 1. The molecule has 11 heteroatoms. The third-order valence-electron chi connectivity index (χ3n) is 4.92. The Labute approximate surface area is 181 Å². The number of carbonyl (C=O) groups is 1. The maximum Gasteiger partial charge on any atom is 0.315 e. The minimum atomic E-state index is -0.934. The third-order valence-corrected chi connectivity index (χ3v) is 4.92. The maximum absolute atomic E-state index is 14.4. The molecule has 32 heavy (non-hydrogen) atoms. The van der Waals surface area contributed by atoms with Gasteiger partial charge in [0.1, 0.15) is 23.4 Å². The van der Waals surface area contributed by atoms with Crippen LogP contribution < -0.4 is 9.47 Å². The van der Waals surface area contributed by atoms with Crippen LogP contribution in [0.15, 0.2) is 29.8 Å². The number of ether oxygens (including phenoxy) is 2. The van der Waals surface area contributed by atoms with Crippen LogP contribution in [-0.2, 0) is 17.8 Å². The molecular formula is C21H18FN3O7. The average molecular weight is 443 g/mol. The SMILES string of the molecule is COc1cc(/C(O)=C(\C#N)C(=O)N(C)Cc2cc3c(cc2F)OCC3)cc([N+](=O)[O-])c1O. The number of hydrogen-bond donors (Lipinski definition) is 2. The Morgan fingerprint density at radius 1 is 1.41 bits per heavy atom. The summed E-state index contributed by atoms with van der Waals surface area (Å²) in [5.41, 5.74) is -0.801. The van der Waals surface area contributed by atoms with Crippen LogP contribution in [-0.4, -0.2) is 46.7 Å². The largest absolute Gasteiger partial charge is 0.506 e. The Hall–Kier alpha value is -4.33. The topological polar surface area (TPSA) is 146 Å². The van der Waals surface area contributed by atoms with Gasteiger partial charge in [-0.25, -0.2) is 4.39 Å². The highest BCUT2D eigenvalue weighted by Crippen LogP contribution is 2.39. The number of phenolic OH excluding ortho intramolecular Hbond substituents is 1. The van der Waals surface area contributed by atoms with Crippen LogP contribution >= 0.6 is 0 Å². The van der Waals surface area contributed by atoms with E-state index in [1.807, 2.05) is 0 Å². The van der Waals surface area contributed by atoms with Crippen molar-refractivity contribution in [2.45, 2.75) is 13.0 Å². The first-order valence-corrected chi connectivity index (χ1v) is 9.26. The first-order valence-electron chi connectivity index (χ1n) is 9.26. The Morgan fingerprint density at radius 3 is 2.75 bits per heavy atom. The molecule has 10 nitrogen and oxygen atoms in total. The van der Waals surface area contributed by atoms with Gasteiger partial charge in [-0.15, -0.1) is 0 Å². The number of nitro benzene ring substituents is 1. The highest BCUT2D eigenvalue weighted by Gasteiger charge is 2.26. The summed E-state index contributed by atoms with van der Waals surface area (Å²) in [5.74, 6) is -3.04. The Balaban J connectivity index is 1.95. The molecule has 0 aliphatic carbocycles. The summed E-state index contributed by atoms with van der Waals surface area (Å²) in [4.78, 5) is 24.1. The number of nitro groups is 1. The molecule has 1 heterocycles. The summed E-state index contributed by atoms with van der Waals surface area (Å²) >= 11 is 0. The number of methoxy groups -OCH3 is 1. The van der Waals surface area contributed by atoms with Crippen molar-refractivity contribution in [3.63, 3.8) is 0 Å². The van der Waals surface area contributed by atoms with Gasteiger partial charge in [-0.3, -0.25) is 14.9 Å². The zero-order valence-corrected chi connectivity index (χ0v) is 17.1. The molecule has 0 saturated heterocycles. The van der Waals surface area contributed by atoms with Crippen molar-refractivity contribution >= 4 is 17.4 Å². The van der Waals surface area contributed by atoms with Gasteiger partial charge >= 0.3 is 5.69 Å². The molecule has 2 N–H and O–H groups in total. The van der Waals surface area contributed by atoms with E-state index in [1.54, 1.807) is 12.1 Å². The lowest BCUT2D eigenvalue weighted by atomic mass is 10.0. The number of aliphatic hydroxyl groups excluding tert-OH is 1. The number of rotatable bonds is 6. The molecule has 3 rings (SSSR count). The van der Waals surface area contributed by atoms with E-state index in [0.29, 0.717) is 18.8 Å². The summed E-state index contributed by atoms with van der Waals surface area (Å²) in [6.45, 7) is 0.236. The molecule has 0 aromatic heterocycles. The minimum absolute atomic E-state index is 0.198. The first kappa shape index (κ1) is 22.4. The van der Waals surface area contributed by atoms with E-state index in [0.717, 1.165) is 29.7 Å². The molecule has 1 aliphatic rings. The molecule has 1 aliphatic heterocycles. The van der Waals surface area contributed by atoms with Gasteiger partial charge in [0.15, 0.2) is 11.3 Å². The molecule has 0 bridgehead atoms. The van der Waals surface area contributed by atoms with Gasteiger partial charge < -0.3 is 24.6 Å². The molecule has 0 unspecified atom stereocenters. The van der Waals surface area contributed by atoms with Gasteiger partial charge in [0.05, 0.1) is 18.6 Å². The zero-order chi connectivity index (χ0) is 23.6. The van der Waals surface area contributed by atoms with Crippen LogP contribution in [0, 0.1) is 27.3 Å². The normalized spacial score (nSPS) is 12.8. The standard InChI is InChI=1S/C21H18FN3O7/c1-24(10-13-5-11-3-4-32-17(11)8-15(13)22)21(28)14(9-23)19(26)12-6-16(25(29)30)20(27)18(7-12)31-2/h5-8,26-27H,3-4,10H2,1-2H3/b19-14-. The monoisotopic (exact) mass is 443 g/mol. The molecular weight excluding hydrogens is 425 g/mol. The van der Waals surface area contributed by atoms with Crippen molar-refractivity contribution < 1.29 is 33.8 Å². The fourth-order valence-corrected chi connectivity index (χ4v) is 3.26. The van der Waals surface area contributed by atoms with Gasteiger partial charge in [-0.05, 0) is 17.7 Å². The summed E-state index contributed by atoms with van der Waals surface area (Å²) in [6.07, 6.45) is 0.603. The van der Waals surface area contributed by atoms with Crippen molar-refractivity contribution in [3.8, 4) is 23.3 Å². The number of hydrogen-bond acceptors (Lipinski definition) is 8. The molecule has 0 radical (unpaired) electrons. The van der Waals surface area contributed by atoms with E-state index in [1.165, 1.54) is 13.1 Å². The second-order valence-corrected chi connectivity index (χ2v) is 6.95. The van der Waals surface area contributed by atoms with Crippen LogP contribution in [0.25, 0.3) is 5.76 Å². The van der Waals surface area contributed by atoms with Crippen LogP contribution in [0.5, 0.6) is 17.2 Å². The molecule has 0 saturated carbocycles. The highest BCUT2D eigenvalue weighted by atomic mass is 19.1. The molecule has 2 aromatic rings. The van der Waals surface area contributed by atoms with Gasteiger partial charge in [-0.2, -0.15) is 5.26 Å². The van der Waals surface area contributed by atoms with E-state index < -0.39 is 39.4 Å². The number of amides is 1. The van der Waals surface area contributed by atoms with Gasteiger partial charge in [-0.1, -0.05) is 0 Å². The van der Waals surface area contributed by atoms with E-state index in [2.05, 4.69) is 0 Å². The molecule has 0 fully saturated rings. The lowest BCUT2D eigenvalue weighted by molar-refractivity contribution is -0.386. The number of fused-ring (bicyclic) bond motifs is 1. The maximum atomic E-state index is 14.4. The van der Waals surface area contributed by atoms with E-state index >= 15 is 0 Å². The Bertz CT molecular complexity index is 1190. The number of phenols is 1. The minimum Gasteiger partial charge on any atom is -0.506 e. The van der Waals surface area contributed by atoms with Crippen molar-refractivity contribution in [1.29, 1.82) is 5.26 Å². The molecule has 166 valence electrons. The highest BCUT2D eigenvalue weighted by molar-refractivity contribution is 6.03. The predicted octanol–water partition coefficient (Wildman–Crippen LogP) is 2.83. The lowest BCUT2D eigenvalue weighted by Crippen LogP contribution is -2.28. The molecule has 0 atom stereocenters. The van der Waals surface area contributed by atoms with Gasteiger partial charge in [0, 0.05) is 43.3 Å². The van der Waals surface area contributed by atoms with Crippen molar-refractivity contribution in [1.82, 2.24) is 4.90 Å². The smallest absolute Gasteiger partial charge is 0.315 e. The van der Waals surface area contributed by atoms with E-state index in [-0.39, 0.29) is 23.4 Å². The fraction of sp³-hybridized carbons (Fsp3) is 0.238. The van der Waals surface area contributed by atoms with Crippen molar-refractivity contribution in [2.24, 2.45) is 0 Å². The fourth-order valence-electron chi connectivity index (χ4n) is 3.26. The molecule has 0 spiro atoms. The summed E-state index contributed by atoms with van der Waals surface area (Å²) in [5, 5.41) is 41.0.